The number of rotatable bonds is 14. The van der Waals surface area contributed by atoms with Gasteiger partial charge in [-0.25, -0.2) is 0 Å². The Morgan fingerprint density at radius 2 is 1.65 bits per heavy atom. The Morgan fingerprint density at radius 3 is 2.18 bits per heavy atom. The van der Waals surface area contributed by atoms with E-state index in [0.29, 0.717) is 18.1 Å². The second-order valence-corrected chi connectivity index (χ2v) is 22.2. The summed E-state index contributed by atoms with van der Waals surface area (Å²) in [6.07, 6.45) is 15.4. The molecule has 0 saturated heterocycles. The van der Waals surface area contributed by atoms with Crippen molar-refractivity contribution >= 4 is 16.6 Å². The third kappa shape index (κ3) is 8.03. The van der Waals surface area contributed by atoms with E-state index in [1.807, 2.05) is 0 Å². The van der Waals surface area contributed by atoms with Gasteiger partial charge >= 0.3 is 0 Å². The van der Waals surface area contributed by atoms with Crippen LogP contribution in [0.1, 0.15) is 106 Å². The van der Waals surface area contributed by atoms with Crippen LogP contribution in [0.25, 0.3) is 0 Å². The molecule has 0 radical (unpaired) electrons. The van der Waals surface area contributed by atoms with Crippen molar-refractivity contribution < 1.29 is 14.0 Å². The summed E-state index contributed by atoms with van der Waals surface area (Å²) in [4.78, 5) is 0. The van der Waals surface area contributed by atoms with E-state index in [0.717, 1.165) is 38.0 Å². The highest BCUT2D eigenvalue weighted by Gasteiger charge is 2.42. The fourth-order valence-electron chi connectivity index (χ4n) is 6.00. The standard InChI is InChI=1S/C29H58O3Si2/c1-9-34(10-2,11-3)32-28-22-20-24(26(28)18-15-23-30)19-21-27(25-16-13-12-14-17-25)31-33(7,8)29(4,5)6/h20,25-28,30H,9-19,21-23H2,1-8H3/t26-,27+,28+/m1/s1. The lowest BCUT2D eigenvalue weighted by Gasteiger charge is -2.42. The molecule has 0 spiro atoms. The molecule has 3 nitrogen and oxygen atoms in total. The molecule has 2 aliphatic carbocycles. The van der Waals surface area contributed by atoms with Crippen LogP contribution in [0, 0.1) is 11.8 Å². The molecule has 1 fully saturated rings. The molecule has 2 rings (SSSR count). The summed E-state index contributed by atoms with van der Waals surface area (Å²) in [6.45, 7) is 19.2. The van der Waals surface area contributed by atoms with Crippen LogP contribution in [0.5, 0.6) is 0 Å². The Kier molecular flexibility index (Phi) is 12.1. The van der Waals surface area contributed by atoms with E-state index in [1.165, 1.54) is 50.2 Å². The normalized spacial score (nSPS) is 23.9. The van der Waals surface area contributed by atoms with E-state index in [4.69, 9.17) is 8.85 Å². The Labute approximate surface area is 214 Å². The molecule has 1 N–H and O–H groups in total. The molecule has 5 heteroatoms. The lowest BCUT2D eigenvalue weighted by atomic mass is 9.82. The first-order valence-corrected chi connectivity index (χ1v) is 20.1. The first-order valence-electron chi connectivity index (χ1n) is 14.7. The van der Waals surface area contributed by atoms with Gasteiger partial charge in [0.1, 0.15) is 0 Å². The lowest BCUT2D eigenvalue weighted by molar-refractivity contribution is 0.0842. The molecule has 0 bridgehead atoms. The van der Waals surface area contributed by atoms with Crippen molar-refractivity contribution in [2.45, 2.75) is 154 Å². The van der Waals surface area contributed by atoms with Crippen LogP contribution in [0.4, 0.5) is 0 Å². The molecule has 0 aliphatic heterocycles. The van der Waals surface area contributed by atoms with Crippen molar-refractivity contribution in [3.05, 3.63) is 11.6 Å². The maximum atomic E-state index is 9.60. The zero-order valence-electron chi connectivity index (χ0n) is 24.0. The highest BCUT2D eigenvalue weighted by atomic mass is 28.4. The van der Waals surface area contributed by atoms with Gasteiger partial charge in [0.25, 0.3) is 0 Å². The van der Waals surface area contributed by atoms with E-state index in [1.54, 1.807) is 5.57 Å². The maximum absolute atomic E-state index is 9.60. The van der Waals surface area contributed by atoms with E-state index in [2.05, 4.69) is 60.7 Å². The van der Waals surface area contributed by atoms with Gasteiger partial charge in [-0.05, 0) is 87.1 Å². The van der Waals surface area contributed by atoms with Crippen LogP contribution in [0.2, 0.25) is 36.3 Å². The van der Waals surface area contributed by atoms with Crippen LogP contribution in [0.15, 0.2) is 11.6 Å². The number of hydrogen-bond donors (Lipinski definition) is 1. The van der Waals surface area contributed by atoms with Crippen molar-refractivity contribution in [2.24, 2.45) is 11.8 Å². The van der Waals surface area contributed by atoms with Gasteiger partial charge in [0, 0.05) is 18.6 Å². The summed E-state index contributed by atoms with van der Waals surface area (Å²) in [7, 11) is -3.43. The minimum absolute atomic E-state index is 0.254. The topological polar surface area (TPSA) is 38.7 Å². The minimum atomic E-state index is -1.80. The smallest absolute Gasteiger partial charge is 0.192 e. The third-order valence-electron chi connectivity index (χ3n) is 9.69. The Hall–Kier alpha value is 0.0538. The maximum Gasteiger partial charge on any atom is 0.192 e. The summed E-state index contributed by atoms with van der Waals surface area (Å²) >= 11 is 0. The molecule has 0 aromatic heterocycles. The molecule has 1 saturated carbocycles. The lowest BCUT2D eigenvalue weighted by Crippen LogP contribution is -2.46. The zero-order valence-corrected chi connectivity index (χ0v) is 26.0. The number of aliphatic hydroxyl groups is 1. The molecule has 0 unspecified atom stereocenters. The molecule has 0 heterocycles. The van der Waals surface area contributed by atoms with Crippen LogP contribution in [-0.4, -0.2) is 40.6 Å². The van der Waals surface area contributed by atoms with Crippen molar-refractivity contribution in [3.63, 3.8) is 0 Å². The highest BCUT2D eigenvalue weighted by molar-refractivity contribution is 6.74. The van der Waals surface area contributed by atoms with Crippen molar-refractivity contribution in [1.29, 1.82) is 0 Å². The monoisotopic (exact) mass is 510 g/mol. The fraction of sp³-hybridized carbons (Fsp3) is 0.931. The second kappa shape index (κ2) is 13.6. The predicted octanol–water partition coefficient (Wildman–Crippen LogP) is 8.85. The van der Waals surface area contributed by atoms with Gasteiger partial charge in [-0.2, -0.15) is 0 Å². The summed E-state index contributed by atoms with van der Waals surface area (Å²) in [5, 5.41) is 9.85. The Bertz CT molecular complexity index is 607. The van der Waals surface area contributed by atoms with Gasteiger partial charge in [-0.1, -0.05) is 72.5 Å². The van der Waals surface area contributed by atoms with Crippen molar-refractivity contribution in [1.82, 2.24) is 0 Å². The number of aliphatic hydroxyl groups excluding tert-OH is 1. The Balaban J connectivity index is 2.13. The van der Waals surface area contributed by atoms with Crippen LogP contribution in [-0.2, 0) is 8.85 Å². The minimum Gasteiger partial charge on any atom is -0.414 e. The quantitative estimate of drug-likeness (QED) is 0.187. The van der Waals surface area contributed by atoms with Gasteiger partial charge < -0.3 is 14.0 Å². The molecule has 200 valence electrons. The summed E-state index contributed by atoms with van der Waals surface area (Å²) in [5.74, 6) is 1.22. The van der Waals surface area contributed by atoms with Gasteiger partial charge in [-0.15, -0.1) is 0 Å². The van der Waals surface area contributed by atoms with Crippen LogP contribution < -0.4 is 0 Å². The summed E-state index contributed by atoms with van der Waals surface area (Å²) in [5.41, 5.74) is 1.60. The van der Waals surface area contributed by atoms with E-state index in [9.17, 15) is 5.11 Å². The SMILES string of the molecule is CC[Si](CC)(CC)O[C@H]1CC=C(CC[C@H](O[Si](C)(C)C(C)(C)C)C2CCCCC2)[C@H]1CCCO. The van der Waals surface area contributed by atoms with E-state index < -0.39 is 16.6 Å². The van der Waals surface area contributed by atoms with Gasteiger partial charge in [-0.3, -0.25) is 0 Å². The summed E-state index contributed by atoms with van der Waals surface area (Å²) in [6, 6.07) is 3.63. The van der Waals surface area contributed by atoms with Crippen LogP contribution in [0.3, 0.4) is 0 Å². The third-order valence-corrected chi connectivity index (χ3v) is 18.9. The zero-order chi connectivity index (χ0) is 25.4. The number of hydrogen-bond acceptors (Lipinski definition) is 3. The van der Waals surface area contributed by atoms with E-state index in [-0.39, 0.29) is 11.6 Å². The first-order chi connectivity index (χ1) is 16.0. The van der Waals surface area contributed by atoms with Gasteiger partial charge in [0.05, 0.1) is 6.10 Å². The van der Waals surface area contributed by atoms with Crippen molar-refractivity contribution in [2.75, 3.05) is 6.61 Å². The van der Waals surface area contributed by atoms with Gasteiger partial charge in [0.15, 0.2) is 16.6 Å². The first kappa shape index (κ1) is 30.3. The van der Waals surface area contributed by atoms with Crippen molar-refractivity contribution in [3.8, 4) is 0 Å². The molecule has 0 amide bonds. The second-order valence-electron chi connectivity index (χ2n) is 12.7. The largest absolute Gasteiger partial charge is 0.414 e. The molecule has 34 heavy (non-hydrogen) atoms. The average molecular weight is 511 g/mol. The molecular formula is C29H58O3Si2. The average Bonchev–Trinajstić information content (AvgIpc) is 3.19. The van der Waals surface area contributed by atoms with Gasteiger partial charge in [0.2, 0.25) is 0 Å². The molecule has 0 aromatic carbocycles. The predicted molar refractivity (Wildman–Crippen MR) is 152 cm³/mol. The van der Waals surface area contributed by atoms with Crippen LogP contribution >= 0.6 is 0 Å². The Morgan fingerprint density at radius 1 is 1.03 bits per heavy atom. The van der Waals surface area contributed by atoms with E-state index >= 15 is 0 Å². The fourth-order valence-corrected chi connectivity index (χ4v) is 10.3. The molecule has 2 aliphatic rings. The molecular weight excluding hydrogens is 452 g/mol. The molecule has 0 aromatic rings. The molecule has 3 atom stereocenters. The highest BCUT2D eigenvalue weighted by Crippen LogP contribution is 2.43. The summed E-state index contributed by atoms with van der Waals surface area (Å²) < 4.78 is 14.1.